The Morgan fingerprint density at radius 1 is 1.14 bits per heavy atom. The Morgan fingerprint density at radius 3 is 2.50 bits per heavy atom. The fourth-order valence-electron chi connectivity index (χ4n) is 1.44. The molecule has 0 saturated carbocycles. The van der Waals surface area contributed by atoms with Gasteiger partial charge in [0.05, 0.1) is 0 Å². The molecule has 0 atom stereocenters. The molecule has 0 bridgehead atoms. The summed E-state index contributed by atoms with van der Waals surface area (Å²) in [6.07, 6.45) is 3.93. The summed E-state index contributed by atoms with van der Waals surface area (Å²) in [5.74, 6) is 0. The van der Waals surface area contributed by atoms with Crippen LogP contribution in [0.2, 0.25) is 0 Å². The maximum Gasteiger partial charge on any atom is 0.139 e. The zero-order valence-corrected chi connectivity index (χ0v) is 9.34. The average molecular weight is 189 g/mol. The van der Waals surface area contributed by atoms with Gasteiger partial charge in [-0.25, -0.2) is 0 Å². The topological polar surface area (TPSA) is 12.0 Å². The van der Waals surface area contributed by atoms with Crippen molar-refractivity contribution in [2.75, 3.05) is 6.54 Å². The van der Waals surface area contributed by atoms with Crippen LogP contribution < -0.4 is 10.8 Å². The maximum atomic E-state index is 3.46. The van der Waals surface area contributed by atoms with Crippen molar-refractivity contribution >= 4 is 13.3 Å². The Balaban J connectivity index is 2.15. The van der Waals surface area contributed by atoms with Crippen LogP contribution in [0.5, 0.6) is 0 Å². The van der Waals surface area contributed by atoms with Crippen LogP contribution in [-0.4, -0.2) is 14.4 Å². The van der Waals surface area contributed by atoms with Crippen LogP contribution in [0.25, 0.3) is 0 Å². The van der Waals surface area contributed by atoms with Crippen molar-refractivity contribution in [2.45, 2.75) is 32.7 Å². The van der Waals surface area contributed by atoms with Gasteiger partial charge in [-0.3, -0.25) is 0 Å². The number of rotatable bonds is 6. The lowest BCUT2D eigenvalue weighted by Crippen LogP contribution is -2.15. The summed E-state index contributed by atoms with van der Waals surface area (Å²) < 4.78 is 0. The van der Waals surface area contributed by atoms with Gasteiger partial charge in [0.25, 0.3) is 0 Å². The van der Waals surface area contributed by atoms with Crippen molar-refractivity contribution in [3.05, 3.63) is 29.8 Å². The van der Waals surface area contributed by atoms with E-state index in [1.807, 2.05) is 0 Å². The summed E-state index contributed by atoms with van der Waals surface area (Å²) in [5.41, 5.74) is 2.71. The van der Waals surface area contributed by atoms with Gasteiger partial charge in [0.2, 0.25) is 0 Å². The second-order valence-electron chi connectivity index (χ2n) is 3.87. The summed E-state index contributed by atoms with van der Waals surface area (Å²) in [5, 5.41) is 3.46. The predicted molar refractivity (Wildman–Crippen MR) is 65.9 cm³/mol. The lowest BCUT2D eigenvalue weighted by atomic mass is 9.95. The highest BCUT2D eigenvalue weighted by atomic mass is 14.8. The Labute approximate surface area is 88.3 Å². The van der Waals surface area contributed by atoms with E-state index >= 15 is 0 Å². The van der Waals surface area contributed by atoms with Crippen molar-refractivity contribution in [1.29, 1.82) is 0 Å². The van der Waals surface area contributed by atoms with Crippen molar-refractivity contribution in [3.8, 4) is 0 Å². The third kappa shape index (κ3) is 4.47. The number of nitrogens with one attached hydrogen (secondary N) is 1. The fourth-order valence-corrected chi connectivity index (χ4v) is 1.44. The molecule has 1 N–H and O–H groups in total. The van der Waals surface area contributed by atoms with E-state index < -0.39 is 0 Å². The fraction of sp³-hybridized carbons (Fsp3) is 0.500. The molecule has 0 unspecified atom stereocenters. The Hall–Kier alpha value is -0.755. The van der Waals surface area contributed by atoms with E-state index in [-0.39, 0.29) is 0 Å². The van der Waals surface area contributed by atoms with Crippen LogP contribution in [0, 0.1) is 0 Å². The molecule has 0 aliphatic heterocycles. The second kappa shape index (κ2) is 6.66. The van der Waals surface area contributed by atoms with Gasteiger partial charge < -0.3 is 5.32 Å². The first kappa shape index (κ1) is 11.3. The molecular formula is C12H20BN. The second-order valence-corrected chi connectivity index (χ2v) is 3.87. The first-order chi connectivity index (χ1) is 6.83. The van der Waals surface area contributed by atoms with Gasteiger partial charge in [-0.05, 0) is 18.5 Å². The Morgan fingerprint density at radius 2 is 1.86 bits per heavy atom. The normalized spacial score (nSPS) is 10.4. The van der Waals surface area contributed by atoms with Crippen LogP contribution in [0.4, 0.5) is 0 Å². The van der Waals surface area contributed by atoms with E-state index in [2.05, 4.69) is 44.4 Å². The Kier molecular flexibility index (Phi) is 5.39. The molecule has 1 aromatic rings. The molecule has 0 amide bonds. The maximum absolute atomic E-state index is 3.46. The van der Waals surface area contributed by atoms with E-state index in [9.17, 15) is 0 Å². The molecule has 14 heavy (non-hydrogen) atoms. The molecular weight excluding hydrogens is 169 g/mol. The number of hydrogen-bond acceptors (Lipinski definition) is 1. The minimum Gasteiger partial charge on any atom is -0.313 e. The lowest BCUT2D eigenvalue weighted by molar-refractivity contribution is 0.617. The van der Waals surface area contributed by atoms with Crippen molar-refractivity contribution in [3.63, 3.8) is 0 Å². The summed E-state index contributed by atoms with van der Waals surface area (Å²) in [7, 11) is 2.12. The smallest absolute Gasteiger partial charge is 0.139 e. The lowest BCUT2D eigenvalue weighted by Gasteiger charge is -2.04. The molecule has 0 aliphatic rings. The molecule has 0 saturated heterocycles. The first-order valence-electron chi connectivity index (χ1n) is 5.59. The van der Waals surface area contributed by atoms with Crippen molar-refractivity contribution < 1.29 is 0 Å². The van der Waals surface area contributed by atoms with E-state index in [0.29, 0.717) is 0 Å². The predicted octanol–water partition coefficient (Wildman–Crippen LogP) is 1.22. The average Bonchev–Trinajstić information content (AvgIpc) is 2.21. The monoisotopic (exact) mass is 189 g/mol. The number of unbranched alkanes of at least 4 members (excludes halogenated alkanes) is 2. The van der Waals surface area contributed by atoms with Gasteiger partial charge in [-0.2, -0.15) is 0 Å². The van der Waals surface area contributed by atoms with E-state index in [1.54, 1.807) is 0 Å². The number of benzene rings is 1. The van der Waals surface area contributed by atoms with E-state index in [1.165, 1.54) is 30.3 Å². The molecule has 1 aromatic carbocycles. The zero-order chi connectivity index (χ0) is 10.2. The van der Waals surface area contributed by atoms with Crippen molar-refractivity contribution in [2.24, 2.45) is 0 Å². The molecule has 1 nitrogen and oxygen atoms in total. The molecule has 0 heterocycles. The van der Waals surface area contributed by atoms with Crippen molar-refractivity contribution in [1.82, 2.24) is 5.32 Å². The molecule has 0 fully saturated rings. The zero-order valence-electron chi connectivity index (χ0n) is 9.34. The van der Waals surface area contributed by atoms with Crippen LogP contribution in [0.1, 0.15) is 31.7 Å². The van der Waals surface area contributed by atoms with E-state index in [0.717, 1.165) is 13.1 Å². The summed E-state index contributed by atoms with van der Waals surface area (Å²) >= 11 is 0. The van der Waals surface area contributed by atoms with Gasteiger partial charge in [-0.15, -0.1) is 0 Å². The summed E-state index contributed by atoms with van der Waals surface area (Å²) in [4.78, 5) is 0. The highest BCUT2D eigenvalue weighted by molar-refractivity contribution is 6.32. The third-order valence-corrected chi connectivity index (χ3v) is 2.41. The highest BCUT2D eigenvalue weighted by Gasteiger charge is 1.91. The van der Waals surface area contributed by atoms with Crippen LogP contribution in [-0.2, 0) is 6.54 Å². The molecule has 1 rings (SSSR count). The minimum absolute atomic E-state index is 1.00. The summed E-state index contributed by atoms with van der Waals surface area (Å²) in [6, 6.07) is 8.73. The van der Waals surface area contributed by atoms with Gasteiger partial charge in [0.1, 0.15) is 7.85 Å². The largest absolute Gasteiger partial charge is 0.313 e. The van der Waals surface area contributed by atoms with Gasteiger partial charge in [0.15, 0.2) is 0 Å². The van der Waals surface area contributed by atoms with Gasteiger partial charge in [0, 0.05) is 6.54 Å². The van der Waals surface area contributed by atoms with Crippen LogP contribution in [0.3, 0.4) is 0 Å². The quantitative estimate of drug-likeness (QED) is 0.524. The molecule has 0 spiro atoms. The number of hydrogen-bond donors (Lipinski definition) is 1. The molecule has 0 aliphatic carbocycles. The molecule has 76 valence electrons. The standard InChI is InChI=1S/C12H20BN/c1-2-3-4-9-14-10-11-5-7-12(13)8-6-11/h5-8,14H,2-4,9-10,13H2,1H3. The molecule has 0 radical (unpaired) electrons. The minimum atomic E-state index is 1.00. The van der Waals surface area contributed by atoms with Gasteiger partial charge in [-0.1, -0.05) is 49.5 Å². The Bertz CT molecular complexity index is 243. The SMILES string of the molecule is Bc1ccc(CNCCCCC)cc1. The third-order valence-electron chi connectivity index (χ3n) is 2.41. The van der Waals surface area contributed by atoms with Gasteiger partial charge >= 0.3 is 0 Å². The highest BCUT2D eigenvalue weighted by Crippen LogP contribution is 1.96. The van der Waals surface area contributed by atoms with Crippen LogP contribution in [0.15, 0.2) is 24.3 Å². The molecule has 2 heteroatoms. The van der Waals surface area contributed by atoms with Crippen LogP contribution >= 0.6 is 0 Å². The summed E-state index contributed by atoms with van der Waals surface area (Å²) in [6.45, 7) is 4.38. The first-order valence-corrected chi connectivity index (χ1v) is 5.59. The molecule has 0 aromatic heterocycles. The van der Waals surface area contributed by atoms with E-state index in [4.69, 9.17) is 0 Å².